The fraction of sp³-hybridized carbons (Fsp3) is 0.400. The van der Waals surface area contributed by atoms with Gasteiger partial charge in [-0.25, -0.2) is 0 Å². The van der Waals surface area contributed by atoms with Crippen molar-refractivity contribution in [3.05, 3.63) is 33.2 Å². The summed E-state index contributed by atoms with van der Waals surface area (Å²) in [5.41, 5.74) is 1.30. The van der Waals surface area contributed by atoms with Crippen LogP contribution in [-0.4, -0.2) is 6.26 Å². The van der Waals surface area contributed by atoms with E-state index in [0.717, 1.165) is 4.48 Å². The van der Waals surface area contributed by atoms with Gasteiger partial charge in [0.2, 0.25) is 0 Å². The molecule has 0 aliphatic carbocycles. The van der Waals surface area contributed by atoms with Gasteiger partial charge in [0.1, 0.15) is 0 Å². The molecule has 12 heavy (non-hydrogen) atoms. The average Bonchev–Trinajstić information content (AvgIpc) is 2.06. The first-order valence-electron chi connectivity index (χ1n) is 3.86. The van der Waals surface area contributed by atoms with Crippen LogP contribution in [-0.2, 0) is 0 Å². The Morgan fingerprint density at radius 3 is 2.17 bits per heavy atom. The molecule has 0 saturated heterocycles. The van der Waals surface area contributed by atoms with Crippen molar-refractivity contribution in [3.63, 3.8) is 0 Å². The zero-order valence-electron chi connectivity index (χ0n) is 8.02. The Bertz CT molecular complexity index is 224. The summed E-state index contributed by atoms with van der Waals surface area (Å²) in [7, 11) is 0. The SMILES string of the molecule is C\C=C(Br)/C=C(C)\C(=C/C)SC. The van der Waals surface area contributed by atoms with Crippen LogP contribution in [0.25, 0.3) is 0 Å². The molecule has 0 amide bonds. The first-order valence-corrected chi connectivity index (χ1v) is 5.88. The Morgan fingerprint density at radius 2 is 1.83 bits per heavy atom. The molecule has 0 unspecified atom stereocenters. The molecule has 0 aromatic carbocycles. The minimum Gasteiger partial charge on any atom is -0.130 e. The Balaban J connectivity index is 4.57. The van der Waals surface area contributed by atoms with E-state index in [1.165, 1.54) is 10.5 Å². The molecule has 0 atom stereocenters. The van der Waals surface area contributed by atoms with Crippen LogP contribution in [0.1, 0.15) is 20.8 Å². The van der Waals surface area contributed by atoms with Crippen molar-refractivity contribution >= 4 is 27.7 Å². The molecular formula is C10H15BrS. The van der Waals surface area contributed by atoms with Crippen molar-refractivity contribution in [1.82, 2.24) is 0 Å². The van der Waals surface area contributed by atoms with Gasteiger partial charge in [-0.3, -0.25) is 0 Å². The second kappa shape index (κ2) is 6.55. The lowest BCUT2D eigenvalue weighted by atomic mass is 10.2. The normalized spacial score (nSPS) is 15.2. The third-order valence-corrected chi connectivity index (χ3v) is 3.19. The highest BCUT2D eigenvalue weighted by Crippen LogP contribution is 2.23. The average molecular weight is 247 g/mol. The number of thioether (sulfide) groups is 1. The largest absolute Gasteiger partial charge is 0.130 e. The van der Waals surface area contributed by atoms with Gasteiger partial charge in [0, 0.05) is 9.39 Å². The van der Waals surface area contributed by atoms with Crippen LogP contribution in [0.5, 0.6) is 0 Å². The summed E-state index contributed by atoms with van der Waals surface area (Å²) < 4.78 is 1.13. The molecule has 0 heterocycles. The summed E-state index contributed by atoms with van der Waals surface area (Å²) in [6.07, 6.45) is 8.39. The van der Waals surface area contributed by atoms with E-state index in [1.54, 1.807) is 11.8 Å². The minimum atomic E-state index is 1.13. The Kier molecular flexibility index (Phi) is 6.58. The summed E-state index contributed by atoms with van der Waals surface area (Å²) in [5, 5.41) is 0. The Morgan fingerprint density at radius 1 is 1.25 bits per heavy atom. The van der Waals surface area contributed by atoms with Gasteiger partial charge in [0.05, 0.1) is 0 Å². The molecule has 0 radical (unpaired) electrons. The van der Waals surface area contributed by atoms with Crippen molar-refractivity contribution in [2.75, 3.05) is 6.26 Å². The third kappa shape index (κ3) is 4.17. The second-order valence-electron chi connectivity index (χ2n) is 2.36. The van der Waals surface area contributed by atoms with Crippen LogP contribution in [0.15, 0.2) is 33.2 Å². The van der Waals surface area contributed by atoms with E-state index in [1.807, 2.05) is 13.0 Å². The molecule has 0 aromatic rings. The fourth-order valence-electron chi connectivity index (χ4n) is 0.868. The molecule has 0 aliphatic heterocycles. The van der Waals surface area contributed by atoms with Crippen LogP contribution in [0, 0.1) is 0 Å². The first kappa shape index (κ1) is 12.0. The maximum absolute atomic E-state index is 3.45. The third-order valence-electron chi connectivity index (χ3n) is 1.50. The Labute approximate surface area is 87.9 Å². The number of hydrogen-bond donors (Lipinski definition) is 0. The molecule has 0 spiro atoms. The van der Waals surface area contributed by atoms with E-state index in [0.29, 0.717) is 0 Å². The molecule has 0 aromatic heterocycles. The van der Waals surface area contributed by atoms with E-state index in [4.69, 9.17) is 0 Å². The molecule has 0 aliphatic rings. The predicted octanol–water partition coefficient (Wildman–Crippen LogP) is 4.50. The van der Waals surface area contributed by atoms with Crippen LogP contribution >= 0.6 is 27.7 Å². The molecule has 0 bridgehead atoms. The van der Waals surface area contributed by atoms with Gasteiger partial charge in [0.25, 0.3) is 0 Å². The zero-order valence-corrected chi connectivity index (χ0v) is 10.4. The van der Waals surface area contributed by atoms with Gasteiger partial charge in [-0.2, -0.15) is 0 Å². The van der Waals surface area contributed by atoms with Gasteiger partial charge in [-0.15, -0.1) is 11.8 Å². The highest BCUT2D eigenvalue weighted by molar-refractivity contribution is 9.11. The van der Waals surface area contributed by atoms with E-state index < -0.39 is 0 Å². The van der Waals surface area contributed by atoms with Crippen LogP contribution in [0.2, 0.25) is 0 Å². The van der Waals surface area contributed by atoms with Crippen molar-refractivity contribution in [2.45, 2.75) is 20.8 Å². The van der Waals surface area contributed by atoms with Crippen molar-refractivity contribution in [3.8, 4) is 0 Å². The molecule has 68 valence electrons. The smallest absolute Gasteiger partial charge is 0.0135 e. The first-order chi connectivity index (χ1) is 5.65. The molecule has 0 N–H and O–H groups in total. The van der Waals surface area contributed by atoms with Gasteiger partial charge < -0.3 is 0 Å². The Hall–Kier alpha value is 0.0500. The monoisotopic (exact) mass is 246 g/mol. The van der Waals surface area contributed by atoms with E-state index >= 15 is 0 Å². The van der Waals surface area contributed by atoms with E-state index in [9.17, 15) is 0 Å². The highest BCUT2D eigenvalue weighted by Gasteiger charge is 1.96. The number of allylic oxidation sites excluding steroid dienone is 5. The van der Waals surface area contributed by atoms with Crippen LogP contribution in [0.4, 0.5) is 0 Å². The minimum absolute atomic E-state index is 1.13. The zero-order chi connectivity index (χ0) is 9.56. The predicted molar refractivity (Wildman–Crippen MR) is 63.7 cm³/mol. The van der Waals surface area contributed by atoms with Gasteiger partial charge >= 0.3 is 0 Å². The van der Waals surface area contributed by atoms with Gasteiger partial charge in [-0.05, 0) is 38.7 Å². The quantitative estimate of drug-likeness (QED) is 0.662. The second-order valence-corrected chi connectivity index (χ2v) is 4.12. The molecule has 0 fully saturated rings. The number of halogens is 1. The maximum atomic E-state index is 3.45. The number of rotatable bonds is 3. The van der Waals surface area contributed by atoms with Crippen molar-refractivity contribution in [2.24, 2.45) is 0 Å². The van der Waals surface area contributed by atoms with E-state index in [2.05, 4.69) is 48.2 Å². The summed E-state index contributed by atoms with van der Waals surface area (Å²) in [4.78, 5) is 1.33. The van der Waals surface area contributed by atoms with E-state index in [-0.39, 0.29) is 0 Å². The lowest BCUT2D eigenvalue weighted by molar-refractivity contribution is 1.47. The molecule has 0 saturated carbocycles. The maximum Gasteiger partial charge on any atom is 0.0135 e. The van der Waals surface area contributed by atoms with Crippen molar-refractivity contribution < 1.29 is 0 Å². The lowest BCUT2D eigenvalue weighted by Gasteiger charge is -2.02. The van der Waals surface area contributed by atoms with Crippen LogP contribution in [0.3, 0.4) is 0 Å². The molecule has 0 nitrogen and oxygen atoms in total. The fourth-order valence-corrected chi connectivity index (χ4v) is 1.83. The highest BCUT2D eigenvalue weighted by atomic mass is 79.9. The lowest BCUT2D eigenvalue weighted by Crippen LogP contribution is -1.78. The standard InChI is InChI=1S/C10H15BrS/c1-5-9(11)7-8(3)10(6-2)12-4/h5-7H,1-4H3/b8-7-,9-5+,10-6+. The van der Waals surface area contributed by atoms with Crippen LogP contribution < -0.4 is 0 Å². The summed E-state index contributed by atoms with van der Waals surface area (Å²) in [5.74, 6) is 0. The van der Waals surface area contributed by atoms with Gasteiger partial charge in [0.15, 0.2) is 0 Å². The van der Waals surface area contributed by atoms with Gasteiger partial charge in [-0.1, -0.05) is 28.1 Å². The van der Waals surface area contributed by atoms with Crippen molar-refractivity contribution in [1.29, 1.82) is 0 Å². The summed E-state index contributed by atoms with van der Waals surface area (Å²) >= 11 is 5.23. The topological polar surface area (TPSA) is 0 Å². The molecular weight excluding hydrogens is 232 g/mol. The number of hydrogen-bond acceptors (Lipinski definition) is 1. The summed E-state index contributed by atoms with van der Waals surface area (Å²) in [6.45, 7) is 6.20. The summed E-state index contributed by atoms with van der Waals surface area (Å²) in [6, 6.07) is 0. The molecule has 2 heteroatoms. The molecule has 0 rings (SSSR count).